The van der Waals surface area contributed by atoms with Gasteiger partial charge in [-0.05, 0) is 42.3 Å². The predicted molar refractivity (Wildman–Crippen MR) is 127 cm³/mol. The highest BCUT2D eigenvalue weighted by Gasteiger charge is 2.28. The van der Waals surface area contributed by atoms with Crippen LogP contribution in [0.5, 0.6) is 5.75 Å². The first-order valence-corrected chi connectivity index (χ1v) is 12.2. The molecule has 1 amide bonds. The van der Waals surface area contributed by atoms with Crippen molar-refractivity contribution in [3.05, 3.63) is 72.9 Å². The van der Waals surface area contributed by atoms with E-state index in [4.69, 9.17) is 4.74 Å². The molecule has 0 spiro atoms. The van der Waals surface area contributed by atoms with Crippen molar-refractivity contribution >= 4 is 27.3 Å². The number of hydrogen-bond acceptors (Lipinski definition) is 6. The van der Waals surface area contributed by atoms with Gasteiger partial charge in [-0.25, -0.2) is 13.4 Å². The lowest BCUT2D eigenvalue weighted by Crippen LogP contribution is -2.46. The Hall–Kier alpha value is -3.70. The molecule has 0 radical (unpaired) electrons. The maximum Gasteiger partial charge on any atom is 0.242 e. The van der Waals surface area contributed by atoms with Crippen molar-refractivity contribution < 1.29 is 17.9 Å². The summed E-state index contributed by atoms with van der Waals surface area (Å²) in [6.45, 7) is 3.97. The molecular formula is C23H26N6O4S. The van der Waals surface area contributed by atoms with E-state index in [1.807, 2.05) is 35.0 Å². The molecule has 2 N–H and O–H groups in total. The Bertz CT molecular complexity index is 1360. The van der Waals surface area contributed by atoms with Crippen LogP contribution in [0.1, 0.15) is 19.5 Å². The van der Waals surface area contributed by atoms with Crippen LogP contribution in [-0.2, 0) is 21.4 Å². The number of carbonyl (C=O) groups is 1. The van der Waals surface area contributed by atoms with Crippen molar-refractivity contribution in [2.75, 3.05) is 12.4 Å². The Morgan fingerprint density at radius 2 is 1.88 bits per heavy atom. The number of rotatable bonds is 9. The zero-order valence-corrected chi connectivity index (χ0v) is 19.9. The number of imidazole rings is 1. The zero-order valence-electron chi connectivity index (χ0n) is 19.0. The van der Waals surface area contributed by atoms with Crippen LogP contribution in [0.25, 0.3) is 5.65 Å². The molecule has 11 heteroatoms. The van der Waals surface area contributed by atoms with Crippen molar-refractivity contribution in [1.29, 1.82) is 0 Å². The molecule has 3 heterocycles. The van der Waals surface area contributed by atoms with Crippen molar-refractivity contribution in [2.24, 2.45) is 5.92 Å². The van der Waals surface area contributed by atoms with E-state index < -0.39 is 22.0 Å². The van der Waals surface area contributed by atoms with Crippen LogP contribution in [-0.4, -0.2) is 46.6 Å². The summed E-state index contributed by atoms with van der Waals surface area (Å²) in [4.78, 5) is 17.5. The van der Waals surface area contributed by atoms with Gasteiger partial charge in [0, 0.05) is 18.6 Å². The molecule has 0 aliphatic heterocycles. The first-order chi connectivity index (χ1) is 16.2. The van der Waals surface area contributed by atoms with Gasteiger partial charge in [-0.1, -0.05) is 19.9 Å². The first-order valence-electron chi connectivity index (χ1n) is 10.7. The highest BCUT2D eigenvalue weighted by Crippen LogP contribution is 2.18. The van der Waals surface area contributed by atoms with Crippen LogP contribution >= 0.6 is 0 Å². The molecule has 3 aromatic heterocycles. The molecule has 0 bridgehead atoms. The summed E-state index contributed by atoms with van der Waals surface area (Å²) >= 11 is 0. The Labute approximate surface area is 197 Å². The lowest BCUT2D eigenvalue weighted by molar-refractivity contribution is -0.118. The number of aromatic nitrogens is 4. The second kappa shape index (κ2) is 9.65. The summed E-state index contributed by atoms with van der Waals surface area (Å²) in [6, 6.07) is 10.7. The number of benzene rings is 1. The van der Waals surface area contributed by atoms with E-state index in [2.05, 4.69) is 20.1 Å². The maximum atomic E-state index is 12.9. The largest absolute Gasteiger partial charge is 0.497 e. The van der Waals surface area contributed by atoms with Crippen molar-refractivity contribution in [3.8, 4) is 5.75 Å². The van der Waals surface area contributed by atoms with Gasteiger partial charge in [0.05, 0.1) is 36.1 Å². The number of ether oxygens (including phenoxy) is 1. The molecule has 4 aromatic rings. The van der Waals surface area contributed by atoms with Gasteiger partial charge >= 0.3 is 0 Å². The van der Waals surface area contributed by atoms with Crippen LogP contribution in [0.15, 0.2) is 72.1 Å². The zero-order chi connectivity index (χ0) is 24.3. The van der Waals surface area contributed by atoms with E-state index in [-0.39, 0.29) is 10.8 Å². The third kappa shape index (κ3) is 5.26. The first kappa shape index (κ1) is 23.5. The second-order valence-electron chi connectivity index (χ2n) is 8.13. The summed E-state index contributed by atoms with van der Waals surface area (Å²) in [5, 5.41) is 7.03. The van der Waals surface area contributed by atoms with Gasteiger partial charge in [-0.15, -0.1) is 0 Å². The number of pyridine rings is 1. The molecule has 4 rings (SSSR count). The molecular weight excluding hydrogens is 456 g/mol. The number of fused-ring (bicyclic) bond motifs is 1. The standard InChI is InChI=1S/C23H26N6O4S/c1-16(2)22(27-34(31,32)20-9-7-19(33-3)8-10-20)23(30)26-17-12-24-29(14-17)15-18-13-28-11-5-4-6-21(28)25-18/h4-14,16,22,27H,15H2,1-3H3,(H,26,30)/t22-/m0/s1. The number of nitrogens with one attached hydrogen (secondary N) is 2. The Morgan fingerprint density at radius 3 is 2.56 bits per heavy atom. The lowest BCUT2D eigenvalue weighted by atomic mass is 10.1. The predicted octanol–water partition coefficient (Wildman–Crippen LogP) is 2.53. The van der Waals surface area contributed by atoms with E-state index >= 15 is 0 Å². The second-order valence-corrected chi connectivity index (χ2v) is 9.85. The molecule has 0 aliphatic rings. The summed E-state index contributed by atoms with van der Waals surface area (Å²) in [6.07, 6.45) is 7.03. The van der Waals surface area contributed by atoms with Crippen LogP contribution in [0.4, 0.5) is 5.69 Å². The van der Waals surface area contributed by atoms with Crippen LogP contribution < -0.4 is 14.8 Å². The molecule has 0 saturated heterocycles. The molecule has 0 unspecified atom stereocenters. The topological polar surface area (TPSA) is 120 Å². The molecule has 34 heavy (non-hydrogen) atoms. The van der Waals surface area contributed by atoms with Crippen LogP contribution in [0.3, 0.4) is 0 Å². The van der Waals surface area contributed by atoms with Crippen molar-refractivity contribution in [3.63, 3.8) is 0 Å². The minimum absolute atomic E-state index is 0.0482. The minimum atomic E-state index is -3.91. The van der Waals surface area contributed by atoms with E-state index in [1.165, 1.54) is 25.4 Å². The van der Waals surface area contributed by atoms with Gasteiger partial charge < -0.3 is 14.5 Å². The average molecular weight is 483 g/mol. The Kier molecular flexibility index (Phi) is 6.66. The number of hydrogen-bond donors (Lipinski definition) is 2. The molecule has 10 nitrogen and oxygen atoms in total. The number of carbonyl (C=O) groups excluding carboxylic acids is 1. The fourth-order valence-electron chi connectivity index (χ4n) is 3.45. The third-order valence-corrected chi connectivity index (χ3v) is 6.70. The number of anilines is 1. The minimum Gasteiger partial charge on any atom is -0.497 e. The normalized spacial score (nSPS) is 12.7. The van der Waals surface area contributed by atoms with E-state index in [9.17, 15) is 13.2 Å². The quantitative estimate of drug-likeness (QED) is 0.378. The number of sulfonamides is 1. The van der Waals surface area contributed by atoms with E-state index in [1.54, 1.807) is 36.9 Å². The van der Waals surface area contributed by atoms with Gasteiger partial charge in [0.2, 0.25) is 15.9 Å². The number of methoxy groups -OCH3 is 1. The fourth-order valence-corrected chi connectivity index (χ4v) is 4.79. The number of nitrogens with zero attached hydrogens (tertiary/aromatic N) is 4. The van der Waals surface area contributed by atoms with Crippen molar-refractivity contribution in [1.82, 2.24) is 23.9 Å². The third-order valence-electron chi connectivity index (χ3n) is 5.24. The SMILES string of the molecule is COc1ccc(S(=O)(=O)N[C@H](C(=O)Nc2cnn(Cc3cn4ccccc4n3)c2)C(C)C)cc1. The van der Waals surface area contributed by atoms with Gasteiger partial charge in [0.25, 0.3) is 0 Å². The summed E-state index contributed by atoms with van der Waals surface area (Å²) in [5.41, 5.74) is 2.12. The summed E-state index contributed by atoms with van der Waals surface area (Å²) in [7, 11) is -2.41. The van der Waals surface area contributed by atoms with Gasteiger partial charge in [0.15, 0.2) is 0 Å². The average Bonchev–Trinajstić information content (AvgIpc) is 3.43. The molecule has 178 valence electrons. The fraction of sp³-hybridized carbons (Fsp3) is 0.261. The Morgan fingerprint density at radius 1 is 1.12 bits per heavy atom. The van der Waals surface area contributed by atoms with Gasteiger partial charge in [-0.2, -0.15) is 9.82 Å². The summed E-state index contributed by atoms with van der Waals surface area (Å²) < 4.78 is 36.8. The highest BCUT2D eigenvalue weighted by atomic mass is 32.2. The lowest BCUT2D eigenvalue weighted by Gasteiger charge is -2.21. The summed E-state index contributed by atoms with van der Waals surface area (Å²) in [5.74, 6) is -0.224. The van der Waals surface area contributed by atoms with Crippen LogP contribution in [0.2, 0.25) is 0 Å². The van der Waals surface area contributed by atoms with Gasteiger partial charge in [-0.3, -0.25) is 9.48 Å². The molecule has 0 aliphatic carbocycles. The molecule has 1 aromatic carbocycles. The van der Waals surface area contributed by atoms with E-state index in [0.717, 1.165) is 11.3 Å². The number of amides is 1. The highest BCUT2D eigenvalue weighted by molar-refractivity contribution is 7.89. The van der Waals surface area contributed by atoms with Crippen molar-refractivity contribution in [2.45, 2.75) is 31.3 Å². The van der Waals surface area contributed by atoms with Gasteiger partial charge in [0.1, 0.15) is 17.4 Å². The van der Waals surface area contributed by atoms with E-state index in [0.29, 0.717) is 18.0 Å². The smallest absolute Gasteiger partial charge is 0.242 e. The monoisotopic (exact) mass is 482 g/mol. The maximum absolute atomic E-state index is 12.9. The van der Waals surface area contributed by atoms with Crippen LogP contribution in [0, 0.1) is 5.92 Å². The Balaban J connectivity index is 1.43. The molecule has 0 saturated carbocycles. The molecule has 0 fully saturated rings. The molecule has 1 atom stereocenters.